The lowest BCUT2D eigenvalue weighted by molar-refractivity contribution is 0.415. The van der Waals surface area contributed by atoms with Crippen LogP contribution in [0.3, 0.4) is 0 Å². The molecule has 0 N–H and O–H groups in total. The van der Waals surface area contributed by atoms with Crippen molar-refractivity contribution in [2.75, 3.05) is 7.11 Å². The lowest BCUT2D eigenvalue weighted by Gasteiger charge is -2.18. The third-order valence-corrected chi connectivity index (χ3v) is 7.66. The van der Waals surface area contributed by atoms with Gasteiger partial charge in [-0.25, -0.2) is 0 Å². The van der Waals surface area contributed by atoms with Gasteiger partial charge in [0.1, 0.15) is 13.8 Å². The van der Waals surface area contributed by atoms with Crippen molar-refractivity contribution in [1.82, 2.24) is 0 Å². The highest BCUT2D eigenvalue weighted by Crippen LogP contribution is 2.32. The minimum absolute atomic E-state index is 0.953. The molecule has 0 saturated carbocycles. The summed E-state index contributed by atoms with van der Waals surface area (Å²) in [5.74, 6) is 0.953. The number of fused-ring (bicyclic) bond motifs is 3. The summed E-state index contributed by atoms with van der Waals surface area (Å²) < 4.78 is 5.38. The van der Waals surface area contributed by atoms with Gasteiger partial charge < -0.3 is 4.74 Å². The largest absolute Gasteiger partial charge is 0.497 e. The molecule has 1 aliphatic rings. The Kier molecular flexibility index (Phi) is 2.39. The van der Waals surface area contributed by atoms with Crippen molar-refractivity contribution in [3.8, 4) is 16.9 Å². The summed E-state index contributed by atoms with van der Waals surface area (Å²) in [7, 11) is 0.230. The summed E-state index contributed by atoms with van der Waals surface area (Å²) in [6.07, 6.45) is 0. The first-order chi connectivity index (χ1) is 8.55. The molecule has 0 saturated heterocycles. The normalized spacial score (nSPS) is 15.1. The van der Waals surface area contributed by atoms with Crippen LogP contribution in [0, 0.1) is 6.92 Å². The molecular weight excluding hydrogens is 236 g/mol. The first-order valence-electron chi connectivity index (χ1n) is 6.34. The highest BCUT2D eigenvalue weighted by Gasteiger charge is 2.37. The van der Waals surface area contributed by atoms with Gasteiger partial charge in [0.05, 0.1) is 7.11 Å². The Morgan fingerprint density at radius 3 is 2.50 bits per heavy atom. The van der Waals surface area contributed by atoms with Crippen molar-refractivity contribution in [1.29, 1.82) is 0 Å². The molecule has 0 aliphatic carbocycles. The van der Waals surface area contributed by atoms with Gasteiger partial charge in [-0.05, 0) is 46.1 Å². The SMILES string of the molecule is COc1ccc2c(c1)-c1c(C)cccc1[Si]2(C)C. The summed E-state index contributed by atoms with van der Waals surface area (Å²) in [5, 5.41) is 3.10. The Morgan fingerprint density at radius 2 is 1.78 bits per heavy atom. The van der Waals surface area contributed by atoms with Gasteiger partial charge >= 0.3 is 0 Å². The van der Waals surface area contributed by atoms with E-state index >= 15 is 0 Å². The van der Waals surface area contributed by atoms with Crippen LogP contribution < -0.4 is 15.1 Å². The van der Waals surface area contributed by atoms with Crippen molar-refractivity contribution >= 4 is 18.4 Å². The first kappa shape index (κ1) is 11.5. The van der Waals surface area contributed by atoms with Crippen LogP contribution in [-0.4, -0.2) is 15.2 Å². The van der Waals surface area contributed by atoms with Gasteiger partial charge in [-0.2, -0.15) is 0 Å². The lowest BCUT2D eigenvalue weighted by Crippen LogP contribution is -2.49. The molecule has 0 radical (unpaired) electrons. The Balaban J connectivity index is 2.38. The van der Waals surface area contributed by atoms with Crippen LogP contribution in [0.5, 0.6) is 5.75 Å². The van der Waals surface area contributed by atoms with Crippen LogP contribution in [-0.2, 0) is 0 Å². The summed E-state index contributed by atoms with van der Waals surface area (Å²) in [6, 6.07) is 13.3. The molecule has 3 rings (SSSR count). The van der Waals surface area contributed by atoms with Gasteiger partial charge in [-0.1, -0.05) is 37.4 Å². The van der Waals surface area contributed by atoms with E-state index in [0.29, 0.717) is 0 Å². The molecule has 0 fully saturated rings. The highest BCUT2D eigenvalue weighted by molar-refractivity contribution is 7.03. The molecule has 1 nitrogen and oxygen atoms in total. The monoisotopic (exact) mass is 254 g/mol. The number of hydrogen-bond acceptors (Lipinski definition) is 1. The van der Waals surface area contributed by atoms with Gasteiger partial charge in [-0.3, -0.25) is 0 Å². The summed E-state index contributed by atoms with van der Waals surface area (Å²) in [4.78, 5) is 0. The summed E-state index contributed by atoms with van der Waals surface area (Å²) in [6.45, 7) is 7.07. The quantitative estimate of drug-likeness (QED) is 0.711. The van der Waals surface area contributed by atoms with Crippen LogP contribution in [0.2, 0.25) is 13.1 Å². The van der Waals surface area contributed by atoms with E-state index in [4.69, 9.17) is 4.74 Å². The average molecular weight is 254 g/mol. The zero-order valence-corrected chi connectivity index (χ0v) is 12.4. The minimum Gasteiger partial charge on any atom is -0.497 e. The van der Waals surface area contributed by atoms with E-state index in [-0.39, 0.29) is 0 Å². The van der Waals surface area contributed by atoms with E-state index in [1.165, 1.54) is 21.9 Å². The fourth-order valence-electron chi connectivity index (χ4n) is 3.09. The van der Waals surface area contributed by atoms with E-state index in [9.17, 15) is 0 Å². The van der Waals surface area contributed by atoms with Crippen molar-refractivity contribution in [2.24, 2.45) is 0 Å². The van der Waals surface area contributed by atoms with Crippen molar-refractivity contribution in [2.45, 2.75) is 20.0 Å². The van der Waals surface area contributed by atoms with E-state index in [1.807, 2.05) is 0 Å². The van der Waals surface area contributed by atoms with Crippen LogP contribution in [0.4, 0.5) is 0 Å². The standard InChI is InChI=1S/C16H18OSi/c1-11-6-5-7-15-16(11)13-10-12(17-2)8-9-14(13)18(15,3)4/h5-10H,1-4H3. The molecule has 0 spiro atoms. The molecule has 1 aliphatic heterocycles. The van der Waals surface area contributed by atoms with E-state index < -0.39 is 8.07 Å². The molecule has 0 unspecified atom stereocenters. The molecule has 2 heteroatoms. The lowest BCUT2D eigenvalue weighted by atomic mass is 10.0. The second kappa shape index (κ2) is 3.72. The molecule has 0 aromatic heterocycles. The molecule has 92 valence electrons. The number of methoxy groups -OCH3 is 1. The Labute approximate surface area is 109 Å². The molecule has 0 amide bonds. The predicted molar refractivity (Wildman–Crippen MR) is 79.9 cm³/mol. The number of benzene rings is 2. The molecule has 1 heterocycles. The highest BCUT2D eigenvalue weighted by atomic mass is 28.3. The van der Waals surface area contributed by atoms with Crippen molar-refractivity contribution in [3.63, 3.8) is 0 Å². The van der Waals surface area contributed by atoms with Gasteiger partial charge in [-0.15, -0.1) is 0 Å². The molecule has 2 aromatic rings. The third kappa shape index (κ3) is 1.39. The molecule has 2 aromatic carbocycles. The van der Waals surface area contributed by atoms with Crippen molar-refractivity contribution in [3.05, 3.63) is 42.0 Å². The second-order valence-electron chi connectivity index (χ2n) is 5.53. The molecular formula is C16H18OSi. The maximum Gasteiger partial charge on any atom is 0.119 e. The van der Waals surface area contributed by atoms with Crippen LogP contribution >= 0.6 is 0 Å². The van der Waals surface area contributed by atoms with E-state index in [1.54, 1.807) is 12.3 Å². The zero-order chi connectivity index (χ0) is 12.9. The maximum absolute atomic E-state index is 5.38. The number of rotatable bonds is 1. The van der Waals surface area contributed by atoms with Crippen molar-refractivity contribution < 1.29 is 4.74 Å². The number of ether oxygens (including phenoxy) is 1. The fourth-order valence-corrected chi connectivity index (χ4v) is 6.22. The van der Waals surface area contributed by atoms with Gasteiger partial charge in [0, 0.05) is 0 Å². The number of aryl methyl sites for hydroxylation is 1. The minimum atomic E-state index is -1.50. The van der Waals surface area contributed by atoms with Gasteiger partial charge in [0.15, 0.2) is 0 Å². The van der Waals surface area contributed by atoms with E-state index in [2.05, 4.69) is 56.4 Å². The Hall–Kier alpha value is -1.54. The molecule has 18 heavy (non-hydrogen) atoms. The van der Waals surface area contributed by atoms with Crippen LogP contribution in [0.1, 0.15) is 5.56 Å². The molecule has 0 atom stereocenters. The third-order valence-electron chi connectivity index (χ3n) is 4.12. The fraction of sp³-hybridized carbons (Fsp3) is 0.250. The zero-order valence-electron chi connectivity index (χ0n) is 11.4. The van der Waals surface area contributed by atoms with E-state index in [0.717, 1.165) is 5.75 Å². The Bertz CT molecular complexity index is 629. The van der Waals surface area contributed by atoms with Crippen LogP contribution in [0.15, 0.2) is 36.4 Å². The predicted octanol–water partition coefficient (Wildman–Crippen LogP) is 2.81. The summed E-state index contributed by atoms with van der Waals surface area (Å²) >= 11 is 0. The first-order valence-corrected chi connectivity index (χ1v) is 9.34. The van der Waals surface area contributed by atoms with Gasteiger partial charge in [0.25, 0.3) is 0 Å². The summed E-state index contributed by atoms with van der Waals surface area (Å²) in [5.41, 5.74) is 4.21. The second-order valence-corrected chi connectivity index (χ2v) is 9.86. The Morgan fingerprint density at radius 1 is 1.00 bits per heavy atom. The maximum atomic E-state index is 5.38. The van der Waals surface area contributed by atoms with Gasteiger partial charge in [0.2, 0.25) is 0 Å². The molecule has 0 bridgehead atoms. The number of hydrogen-bond donors (Lipinski definition) is 0. The van der Waals surface area contributed by atoms with Crippen LogP contribution in [0.25, 0.3) is 11.1 Å². The topological polar surface area (TPSA) is 9.23 Å². The average Bonchev–Trinajstić information content (AvgIpc) is 2.59. The smallest absolute Gasteiger partial charge is 0.119 e.